The monoisotopic (exact) mass is 322 g/mol. The van der Waals surface area contributed by atoms with E-state index >= 15 is 0 Å². The third-order valence-electron chi connectivity index (χ3n) is 3.74. The third kappa shape index (κ3) is 2.85. The van der Waals surface area contributed by atoms with Crippen LogP contribution in [-0.4, -0.2) is 44.6 Å². The molecule has 7 heteroatoms. The Morgan fingerprint density at radius 1 is 1.43 bits per heavy atom. The van der Waals surface area contributed by atoms with Crippen LogP contribution in [0, 0.1) is 0 Å². The number of nitrogens with two attached hydrogens (primary N) is 1. The predicted octanol–water partition coefficient (Wildman–Crippen LogP) is 2.63. The molecule has 0 aliphatic carbocycles. The van der Waals surface area contributed by atoms with E-state index in [2.05, 4.69) is 24.0 Å². The molecule has 0 unspecified atom stereocenters. The molecule has 1 aliphatic rings. The van der Waals surface area contributed by atoms with Gasteiger partial charge in [-0.25, -0.2) is 0 Å². The van der Waals surface area contributed by atoms with Gasteiger partial charge in [0, 0.05) is 29.0 Å². The van der Waals surface area contributed by atoms with E-state index in [9.17, 15) is 4.79 Å². The number of thioether (sulfide) groups is 1. The molecular weight excluding hydrogens is 304 g/mol. The number of carbonyl (C=O) groups excluding carboxylic acids is 1. The first-order valence-corrected chi connectivity index (χ1v) is 8.71. The van der Waals surface area contributed by atoms with Crippen molar-refractivity contribution in [2.75, 3.05) is 24.6 Å². The van der Waals surface area contributed by atoms with Gasteiger partial charge in [0.2, 0.25) is 0 Å². The Balaban J connectivity index is 1.88. The number of hydrogen-bond donors (Lipinski definition) is 1. The zero-order valence-corrected chi connectivity index (χ0v) is 13.8. The lowest BCUT2D eigenvalue weighted by Gasteiger charge is -2.22. The van der Waals surface area contributed by atoms with Crippen LogP contribution in [0.1, 0.15) is 29.9 Å². The van der Waals surface area contributed by atoms with Gasteiger partial charge in [-0.2, -0.15) is 16.9 Å². The number of carbonyl (C=O) groups is 1. The van der Waals surface area contributed by atoms with Crippen LogP contribution in [-0.2, 0) is 0 Å². The topological polar surface area (TPSA) is 72.1 Å². The Kier molecular flexibility index (Phi) is 3.79. The van der Waals surface area contributed by atoms with Gasteiger partial charge in [-0.3, -0.25) is 4.79 Å². The van der Waals surface area contributed by atoms with Crippen molar-refractivity contribution >= 4 is 44.9 Å². The third-order valence-corrected chi connectivity index (χ3v) is 6.21. The van der Waals surface area contributed by atoms with Gasteiger partial charge in [-0.1, -0.05) is 13.8 Å². The van der Waals surface area contributed by atoms with Gasteiger partial charge in [-0.15, -0.1) is 16.4 Å². The highest BCUT2D eigenvalue weighted by molar-refractivity contribution is 8.00. The molecule has 2 aromatic rings. The maximum atomic E-state index is 12.8. The summed E-state index contributed by atoms with van der Waals surface area (Å²) < 4.78 is 0.228. The zero-order chi connectivity index (χ0) is 15.0. The minimum Gasteiger partial charge on any atom is -0.397 e. The highest BCUT2D eigenvalue weighted by Gasteiger charge is 2.28. The molecule has 5 nitrogen and oxygen atoms in total. The lowest BCUT2D eigenvalue weighted by atomic mass is 10.1. The molecule has 1 amide bonds. The molecule has 0 bridgehead atoms. The number of hydrogen-bond acceptors (Lipinski definition) is 6. The minimum atomic E-state index is 0.0220. The van der Waals surface area contributed by atoms with Gasteiger partial charge >= 0.3 is 0 Å². The second kappa shape index (κ2) is 5.46. The number of rotatable bonds is 1. The van der Waals surface area contributed by atoms with E-state index in [-0.39, 0.29) is 10.7 Å². The molecule has 0 atom stereocenters. The first kappa shape index (κ1) is 14.6. The fourth-order valence-electron chi connectivity index (χ4n) is 2.40. The van der Waals surface area contributed by atoms with Crippen LogP contribution in [0.3, 0.4) is 0 Å². The SMILES string of the molecule is CC1(C)CCN(C(=O)c2sc3nnccc3c2N)CCS1. The van der Waals surface area contributed by atoms with Crippen LogP contribution in [0.4, 0.5) is 5.69 Å². The summed E-state index contributed by atoms with van der Waals surface area (Å²) in [6.07, 6.45) is 2.60. The summed E-state index contributed by atoms with van der Waals surface area (Å²) in [6.45, 7) is 6.01. The van der Waals surface area contributed by atoms with Crippen LogP contribution >= 0.6 is 23.1 Å². The van der Waals surface area contributed by atoms with Gasteiger partial charge in [0.25, 0.3) is 5.91 Å². The fourth-order valence-corrected chi connectivity index (χ4v) is 4.50. The smallest absolute Gasteiger partial charge is 0.266 e. The zero-order valence-electron chi connectivity index (χ0n) is 12.1. The van der Waals surface area contributed by atoms with Gasteiger partial charge < -0.3 is 10.6 Å². The maximum Gasteiger partial charge on any atom is 0.266 e. The average Bonchev–Trinajstić information content (AvgIpc) is 2.67. The summed E-state index contributed by atoms with van der Waals surface area (Å²) in [6, 6.07) is 1.81. The summed E-state index contributed by atoms with van der Waals surface area (Å²) in [5, 5.41) is 8.72. The fraction of sp³-hybridized carbons (Fsp3) is 0.500. The molecule has 112 valence electrons. The minimum absolute atomic E-state index is 0.0220. The largest absolute Gasteiger partial charge is 0.397 e. The van der Waals surface area contributed by atoms with Crippen molar-refractivity contribution in [2.24, 2.45) is 0 Å². The Hall–Kier alpha value is -1.34. The van der Waals surface area contributed by atoms with Crippen LogP contribution in [0.5, 0.6) is 0 Å². The second-order valence-electron chi connectivity index (χ2n) is 5.75. The lowest BCUT2D eigenvalue weighted by molar-refractivity contribution is 0.0770. The number of thiophene rings is 1. The summed E-state index contributed by atoms with van der Waals surface area (Å²) in [7, 11) is 0. The Morgan fingerprint density at radius 2 is 2.24 bits per heavy atom. The molecule has 2 N–H and O–H groups in total. The van der Waals surface area contributed by atoms with Crippen LogP contribution in [0.2, 0.25) is 0 Å². The number of aromatic nitrogens is 2. The standard InChI is InChI=1S/C14H18N4OS2/c1-14(2)4-6-18(7-8-20-14)13(19)11-10(15)9-3-5-16-17-12(9)21-11/h3,5H,4,6-8,15H2,1-2H3. The molecule has 0 spiro atoms. The molecule has 2 aromatic heterocycles. The normalized spacial score (nSPS) is 18.7. The van der Waals surface area contributed by atoms with Gasteiger partial charge in [-0.05, 0) is 12.5 Å². The molecule has 1 fully saturated rings. The molecule has 0 saturated carbocycles. The van der Waals surface area contributed by atoms with E-state index < -0.39 is 0 Å². The number of amides is 1. The lowest BCUT2D eigenvalue weighted by Crippen LogP contribution is -2.33. The Morgan fingerprint density at radius 3 is 3.00 bits per heavy atom. The van der Waals surface area contributed by atoms with Crippen molar-refractivity contribution in [1.29, 1.82) is 0 Å². The van der Waals surface area contributed by atoms with Crippen LogP contribution in [0.15, 0.2) is 12.3 Å². The van der Waals surface area contributed by atoms with Crippen molar-refractivity contribution < 1.29 is 4.79 Å². The first-order valence-electron chi connectivity index (χ1n) is 6.91. The molecule has 3 heterocycles. The van der Waals surface area contributed by atoms with Crippen molar-refractivity contribution in [2.45, 2.75) is 25.0 Å². The second-order valence-corrected chi connectivity index (χ2v) is 8.55. The van der Waals surface area contributed by atoms with E-state index in [4.69, 9.17) is 5.73 Å². The van der Waals surface area contributed by atoms with E-state index in [0.717, 1.165) is 35.5 Å². The summed E-state index contributed by atoms with van der Waals surface area (Å²) >= 11 is 3.26. The molecule has 1 saturated heterocycles. The van der Waals surface area contributed by atoms with Crippen molar-refractivity contribution in [3.63, 3.8) is 0 Å². The molecule has 0 radical (unpaired) electrons. The summed E-state index contributed by atoms with van der Waals surface area (Å²) in [4.78, 5) is 16.0. The average molecular weight is 322 g/mol. The quantitative estimate of drug-likeness (QED) is 0.874. The summed E-state index contributed by atoms with van der Waals surface area (Å²) in [5.74, 6) is 0.984. The highest BCUT2D eigenvalue weighted by Crippen LogP contribution is 2.35. The summed E-state index contributed by atoms with van der Waals surface area (Å²) in [5.41, 5.74) is 6.66. The number of nitrogens with zero attached hydrogens (tertiary/aromatic N) is 3. The molecule has 3 rings (SSSR count). The molecule has 0 aromatic carbocycles. The first-order chi connectivity index (χ1) is 9.98. The Bertz CT molecular complexity index is 683. The van der Waals surface area contributed by atoms with Crippen LogP contribution in [0.25, 0.3) is 10.2 Å². The van der Waals surface area contributed by atoms with Gasteiger partial charge in [0.15, 0.2) is 0 Å². The molecule has 1 aliphatic heterocycles. The van der Waals surface area contributed by atoms with Gasteiger partial charge in [0.1, 0.15) is 9.71 Å². The predicted molar refractivity (Wildman–Crippen MR) is 88.9 cm³/mol. The molecule has 21 heavy (non-hydrogen) atoms. The van der Waals surface area contributed by atoms with E-state index in [0.29, 0.717) is 10.6 Å². The highest BCUT2D eigenvalue weighted by atomic mass is 32.2. The Labute approximate surface area is 131 Å². The molecular formula is C14H18N4OS2. The van der Waals surface area contributed by atoms with E-state index in [1.54, 1.807) is 6.20 Å². The van der Waals surface area contributed by atoms with Crippen molar-refractivity contribution in [1.82, 2.24) is 15.1 Å². The van der Waals surface area contributed by atoms with E-state index in [1.807, 2.05) is 22.7 Å². The number of nitrogen functional groups attached to an aromatic ring is 1. The maximum absolute atomic E-state index is 12.8. The van der Waals surface area contributed by atoms with Crippen molar-refractivity contribution in [3.05, 3.63) is 17.1 Å². The van der Waals surface area contributed by atoms with Crippen molar-refractivity contribution in [3.8, 4) is 0 Å². The van der Waals surface area contributed by atoms with Crippen LogP contribution < -0.4 is 5.73 Å². The number of anilines is 1. The van der Waals surface area contributed by atoms with E-state index in [1.165, 1.54) is 11.3 Å². The van der Waals surface area contributed by atoms with Gasteiger partial charge in [0.05, 0.1) is 11.9 Å². The number of fused-ring (bicyclic) bond motifs is 1.